The SMILES string of the molecule is CCOC(=O)c1ccc(-c2cccc(NC(N)=O)c2)cc1. The second kappa shape index (κ2) is 6.56. The minimum atomic E-state index is -0.607. The fraction of sp³-hybridized carbons (Fsp3) is 0.125. The summed E-state index contributed by atoms with van der Waals surface area (Å²) in [6.07, 6.45) is 0. The van der Waals surface area contributed by atoms with Crippen molar-refractivity contribution < 1.29 is 14.3 Å². The van der Waals surface area contributed by atoms with Crippen LogP contribution in [0.4, 0.5) is 10.5 Å². The molecule has 2 rings (SSSR count). The van der Waals surface area contributed by atoms with Gasteiger partial charge in [-0.25, -0.2) is 9.59 Å². The molecule has 0 saturated carbocycles. The number of carbonyl (C=O) groups excluding carboxylic acids is 2. The molecule has 5 heteroatoms. The largest absolute Gasteiger partial charge is 0.462 e. The number of hydrogen-bond donors (Lipinski definition) is 2. The quantitative estimate of drug-likeness (QED) is 0.847. The van der Waals surface area contributed by atoms with Crippen LogP contribution in [-0.4, -0.2) is 18.6 Å². The van der Waals surface area contributed by atoms with Gasteiger partial charge in [0.1, 0.15) is 0 Å². The van der Waals surface area contributed by atoms with Crippen LogP contribution in [-0.2, 0) is 4.74 Å². The van der Waals surface area contributed by atoms with Crippen molar-refractivity contribution in [2.45, 2.75) is 6.92 Å². The van der Waals surface area contributed by atoms with E-state index in [1.807, 2.05) is 30.3 Å². The van der Waals surface area contributed by atoms with E-state index in [1.54, 1.807) is 25.1 Å². The molecule has 0 aliphatic rings. The summed E-state index contributed by atoms with van der Waals surface area (Å²) in [5, 5.41) is 2.53. The van der Waals surface area contributed by atoms with Crippen molar-refractivity contribution in [1.29, 1.82) is 0 Å². The first-order chi connectivity index (χ1) is 10.1. The molecular weight excluding hydrogens is 268 g/mol. The minimum Gasteiger partial charge on any atom is -0.462 e. The number of nitrogens with two attached hydrogens (primary N) is 1. The molecule has 0 heterocycles. The van der Waals surface area contributed by atoms with Gasteiger partial charge in [-0.1, -0.05) is 24.3 Å². The van der Waals surface area contributed by atoms with Gasteiger partial charge in [0.05, 0.1) is 12.2 Å². The van der Waals surface area contributed by atoms with Gasteiger partial charge in [0.25, 0.3) is 0 Å². The molecule has 0 aliphatic carbocycles. The van der Waals surface area contributed by atoms with Crippen LogP contribution in [0.15, 0.2) is 48.5 Å². The van der Waals surface area contributed by atoms with Gasteiger partial charge in [-0.2, -0.15) is 0 Å². The number of primary amides is 1. The number of carbonyl (C=O) groups is 2. The third kappa shape index (κ3) is 3.82. The molecule has 2 aromatic carbocycles. The van der Waals surface area contributed by atoms with Crippen LogP contribution in [0.25, 0.3) is 11.1 Å². The third-order valence-corrected chi connectivity index (χ3v) is 2.86. The van der Waals surface area contributed by atoms with Crippen LogP contribution in [0.5, 0.6) is 0 Å². The normalized spacial score (nSPS) is 9.95. The lowest BCUT2D eigenvalue weighted by molar-refractivity contribution is 0.0526. The first kappa shape index (κ1) is 14.6. The average molecular weight is 284 g/mol. The minimum absolute atomic E-state index is 0.340. The molecule has 5 nitrogen and oxygen atoms in total. The highest BCUT2D eigenvalue weighted by Gasteiger charge is 2.06. The van der Waals surface area contributed by atoms with Gasteiger partial charge in [-0.15, -0.1) is 0 Å². The molecule has 2 amide bonds. The Morgan fingerprint density at radius 2 is 1.81 bits per heavy atom. The summed E-state index contributed by atoms with van der Waals surface area (Å²) in [6, 6.07) is 13.8. The lowest BCUT2D eigenvalue weighted by Gasteiger charge is -2.07. The topological polar surface area (TPSA) is 81.4 Å². The Morgan fingerprint density at radius 3 is 2.43 bits per heavy atom. The molecule has 0 atom stereocenters. The van der Waals surface area contributed by atoms with Gasteiger partial charge in [0, 0.05) is 5.69 Å². The fourth-order valence-corrected chi connectivity index (χ4v) is 1.93. The summed E-state index contributed by atoms with van der Waals surface area (Å²) in [7, 11) is 0. The Morgan fingerprint density at radius 1 is 1.10 bits per heavy atom. The number of nitrogens with one attached hydrogen (secondary N) is 1. The fourth-order valence-electron chi connectivity index (χ4n) is 1.93. The predicted octanol–water partition coefficient (Wildman–Crippen LogP) is 3.02. The van der Waals surface area contributed by atoms with Crippen molar-refractivity contribution in [3.8, 4) is 11.1 Å². The Bertz CT molecular complexity index is 651. The van der Waals surface area contributed by atoms with E-state index in [9.17, 15) is 9.59 Å². The summed E-state index contributed by atoms with van der Waals surface area (Å²) < 4.78 is 4.94. The van der Waals surface area contributed by atoms with E-state index < -0.39 is 6.03 Å². The number of hydrogen-bond acceptors (Lipinski definition) is 3. The van der Waals surface area contributed by atoms with Crippen LogP contribution in [0, 0.1) is 0 Å². The molecule has 0 bridgehead atoms. The van der Waals surface area contributed by atoms with Crippen molar-refractivity contribution in [1.82, 2.24) is 0 Å². The number of benzene rings is 2. The van der Waals surface area contributed by atoms with E-state index >= 15 is 0 Å². The van der Waals surface area contributed by atoms with Gasteiger partial charge in [0.2, 0.25) is 0 Å². The van der Waals surface area contributed by atoms with Crippen LogP contribution >= 0.6 is 0 Å². The van der Waals surface area contributed by atoms with Gasteiger partial charge in [-0.3, -0.25) is 0 Å². The maximum atomic E-state index is 11.6. The molecule has 0 aliphatic heterocycles. The zero-order chi connectivity index (χ0) is 15.2. The molecule has 0 spiro atoms. The highest BCUT2D eigenvalue weighted by atomic mass is 16.5. The highest BCUT2D eigenvalue weighted by molar-refractivity contribution is 5.90. The van der Waals surface area contributed by atoms with E-state index in [4.69, 9.17) is 10.5 Å². The van der Waals surface area contributed by atoms with E-state index in [0.717, 1.165) is 11.1 Å². The van der Waals surface area contributed by atoms with Crippen molar-refractivity contribution in [3.63, 3.8) is 0 Å². The molecule has 0 unspecified atom stereocenters. The summed E-state index contributed by atoms with van der Waals surface area (Å²) in [5.41, 5.74) is 8.06. The molecule has 0 fully saturated rings. The number of ether oxygens (including phenoxy) is 1. The van der Waals surface area contributed by atoms with Gasteiger partial charge < -0.3 is 15.8 Å². The molecule has 3 N–H and O–H groups in total. The Labute approximate surface area is 122 Å². The summed E-state index contributed by atoms with van der Waals surface area (Å²) in [6.45, 7) is 2.12. The van der Waals surface area contributed by atoms with Gasteiger partial charge in [0.15, 0.2) is 0 Å². The Balaban J connectivity index is 2.22. The Kier molecular flexibility index (Phi) is 4.56. The van der Waals surface area contributed by atoms with E-state index in [1.165, 1.54) is 0 Å². The van der Waals surface area contributed by atoms with Crippen molar-refractivity contribution >= 4 is 17.7 Å². The second-order valence-electron chi connectivity index (χ2n) is 4.37. The average Bonchev–Trinajstić information content (AvgIpc) is 2.47. The zero-order valence-electron chi connectivity index (χ0n) is 11.6. The monoisotopic (exact) mass is 284 g/mol. The number of urea groups is 1. The van der Waals surface area contributed by atoms with E-state index in [2.05, 4.69) is 5.32 Å². The predicted molar refractivity (Wildman–Crippen MR) is 81.0 cm³/mol. The number of amides is 2. The van der Waals surface area contributed by atoms with Gasteiger partial charge in [-0.05, 0) is 42.3 Å². The standard InChI is InChI=1S/C16H16N2O3/c1-2-21-15(19)12-8-6-11(7-9-12)13-4-3-5-14(10-13)18-16(17)20/h3-10H,2H2,1H3,(H3,17,18,20). The molecule has 0 saturated heterocycles. The maximum absolute atomic E-state index is 11.6. The zero-order valence-corrected chi connectivity index (χ0v) is 11.6. The third-order valence-electron chi connectivity index (χ3n) is 2.86. The van der Waals surface area contributed by atoms with Crippen LogP contribution in [0.3, 0.4) is 0 Å². The number of rotatable bonds is 4. The maximum Gasteiger partial charge on any atom is 0.338 e. The molecule has 2 aromatic rings. The van der Waals surface area contributed by atoms with E-state index in [-0.39, 0.29) is 5.97 Å². The van der Waals surface area contributed by atoms with Crippen molar-refractivity contribution in [2.75, 3.05) is 11.9 Å². The first-order valence-corrected chi connectivity index (χ1v) is 6.54. The smallest absolute Gasteiger partial charge is 0.338 e. The summed E-state index contributed by atoms with van der Waals surface area (Å²) in [5.74, 6) is -0.340. The summed E-state index contributed by atoms with van der Waals surface area (Å²) >= 11 is 0. The van der Waals surface area contributed by atoms with Gasteiger partial charge >= 0.3 is 12.0 Å². The van der Waals surface area contributed by atoms with Crippen molar-refractivity contribution in [2.24, 2.45) is 5.73 Å². The number of anilines is 1. The molecule has 108 valence electrons. The first-order valence-electron chi connectivity index (χ1n) is 6.54. The van der Waals surface area contributed by atoms with E-state index in [0.29, 0.717) is 17.9 Å². The molecule has 0 aromatic heterocycles. The molecular formula is C16H16N2O3. The van der Waals surface area contributed by atoms with Crippen LogP contribution in [0.1, 0.15) is 17.3 Å². The second-order valence-corrected chi connectivity index (χ2v) is 4.37. The summed E-state index contributed by atoms with van der Waals surface area (Å²) in [4.78, 5) is 22.4. The number of esters is 1. The lowest BCUT2D eigenvalue weighted by Crippen LogP contribution is -2.19. The molecule has 21 heavy (non-hydrogen) atoms. The van der Waals surface area contributed by atoms with Crippen LogP contribution < -0.4 is 11.1 Å². The lowest BCUT2D eigenvalue weighted by atomic mass is 10.0. The van der Waals surface area contributed by atoms with Crippen molar-refractivity contribution in [3.05, 3.63) is 54.1 Å². The van der Waals surface area contributed by atoms with Crippen LogP contribution in [0.2, 0.25) is 0 Å². The molecule has 0 radical (unpaired) electrons. The Hall–Kier alpha value is -2.82. The highest BCUT2D eigenvalue weighted by Crippen LogP contribution is 2.23.